The number of para-hydroxylation sites is 2. The number of ether oxygens (including phenoxy) is 2. The largest absolute Gasteiger partial charge is 0.492 e. The monoisotopic (exact) mass is 372 g/mol. The van der Waals surface area contributed by atoms with Crippen molar-refractivity contribution < 1.29 is 9.47 Å². The van der Waals surface area contributed by atoms with Gasteiger partial charge in [0.05, 0.1) is 0 Å². The molecular formula is C18H26Cl2N2O2. The fraction of sp³-hybridized carbons (Fsp3) is 0.333. The van der Waals surface area contributed by atoms with Gasteiger partial charge >= 0.3 is 0 Å². The fourth-order valence-corrected chi connectivity index (χ4v) is 1.94. The topological polar surface area (TPSA) is 42.5 Å². The maximum atomic E-state index is 5.60. The molecule has 134 valence electrons. The van der Waals surface area contributed by atoms with E-state index < -0.39 is 0 Å². The Labute approximate surface area is 156 Å². The zero-order chi connectivity index (χ0) is 15.3. The predicted octanol–water partition coefficient (Wildman–Crippen LogP) is 3.17. The zero-order valence-electron chi connectivity index (χ0n) is 13.6. The van der Waals surface area contributed by atoms with Gasteiger partial charge < -0.3 is 20.1 Å². The molecule has 2 aromatic rings. The lowest BCUT2D eigenvalue weighted by atomic mass is 10.3. The van der Waals surface area contributed by atoms with E-state index >= 15 is 0 Å². The van der Waals surface area contributed by atoms with Crippen LogP contribution in [0, 0.1) is 0 Å². The first-order chi connectivity index (χ1) is 10.9. The number of rotatable bonds is 11. The second kappa shape index (κ2) is 15.1. The quantitative estimate of drug-likeness (QED) is 0.594. The van der Waals surface area contributed by atoms with Crippen LogP contribution in [-0.2, 0) is 0 Å². The highest BCUT2D eigenvalue weighted by Crippen LogP contribution is 2.07. The Morgan fingerprint density at radius 3 is 1.29 bits per heavy atom. The van der Waals surface area contributed by atoms with E-state index in [-0.39, 0.29) is 24.8 Å². The number of hydrogen-bond acceptors (Lipinski definition) is 4. The molecule has 0 aliphatic rings. The first-order valence-corrected chi connectivity index (χ1v) is 7.72. The molecule has 0 amide bonds. The van der Waals surface area contributed by atoms with Crippen molar-refractivity contribution in [3.05, 3.63) is 60.7 Å². The van der Waals surface area contributed by atoms with Crippen LogP contribution in [-0.4, -0.2) is 39.4 Å². The minimum absolute atomic E-state index is 0. The van der Waals surface area contributed by atoms with Gasteiger partial charge in [0, 0.05) is 26.2 Å². The average Bonchev–Trinajstić information content (AvgIpc) is 2.58. The molecule has 2 aromatic carbocycles. The second-order valence-corrected chi connectivity index (χ2v) is 4.82. The van der Waals surface area contributed by atoms with E-state index in [2.05, 4.69) is 10.6 Å². The summed E-state index contributed by atoms with van der Waals surface area (Å²) < 4.78 is 11.2. The molecule has 24 heavy (non-hydrogen) atoms. The summed E-state index contributed by atoms with van der Waals surface area (Å²) in [7, 11) is 0. The molecule has 0 aliphatic heterocycles. The molecule has 0 bridgehead atoms. The average molecular weight is 373 g/mol. The van der Waals surface area contributed by atoms with Crippen LogP contribution in [0.15, 0.2) is 60.7 Å². The molecule has 0 atom stereocenters. The van der Waals surface area contributed by atoms with E-state index in [4.69, 9.17) is 9.47 Å². The van der Waals surface area contributed by atoms with Crippen LogP contribution < -0.4 is 20.1 Å². The molecule has 0 radical (unpaired) electrons. The van der Waals surface area contributed by atoms with E-state index in [1.807, 2.05) is 60.7 Å². The standard InChI is InChI=1S/C18H24N2O2.2ClH/c1-3-7-17(8-4-1)21-15-13-19-11-12-20-14-16-22-18-9-5-2-6-10-18;;/h1-10,19-20H,11-16H2;2*1H. The summed E-state index contributed by atoms with van der Waals surface area (Å²) in [6.07, 6.45) is 0. The van der Waals surface area contributed by atoms with Crippen LogP contribution in [0.4, 0.5) is 0 Å². The Kier molecular flexibility index (Phi) is 14.2. The number of benzene rings is 2. The Bertz CT molecular complexity index is 453. The van der Waals surface area contributed by atoms with E-state index in [0.29, 0.717) is 13.2 Å². The highest BCUT2D eigenvalue weighted by Gasteiger charge is 1.93. The Hall–Kier alpha value is -1.46. The maximum Gasteiger partial charge on any atom is 0.119 e. The number of halogens is 2. The van der Waals surface area contributed by atoms with Crippen molar-refractivity contribution >= 4 is 24.8 Å². The minimum Gasteiger partial charge on any atom is -0.492 e. The third-order valence-corrected chi connectivity index (χ3v) is 3.06. The van der Waals surface area contributed by atoms with Crippen LogP contribution in [0.3, 0.4) is 0 Å². The normalized spacial score (nSPS) is 9.50. The number of nitrogens with one attached hydrogen (secondary N) is 2. The summed E-state index contributed by atoms with van der Waals surface area (Å²) in [6, 6.07) is 19.7. The van der Waals surface area contributed by atoms with Crippen LogP contribution in [0.2, 0.25) is 0 Å². The lowest BCUT2D eigenvalue weighted by Crippen LogP contribution is -2.32. The second-order valence-electron chi connectivity index (χ2n) is 4.82. The van der Waals surface area contributed by atoms with Crippen molar-refractivity contribution in [2.45, 2.75) is 0 Å². The van der Waals surface area contributed by atoms with Crippen LogP contribution >= 0.6 is 24.8 Å². The molecular weight excluding hydrogens is 347 g/mol. The molecule has 0 heterocycles. The van der Waals surface area contributed by atoms with E-state index in [1.54, 1.807) is 0 Å². The molecule has 0 saturated heterocycles. The molecule has 2 rings (SSSR count). The Morgan fingerprint density at radius 2 is 0.917 bits per heavy atom. The van der Waals surface area contributed by atoms with Gasteiger partial charge in [-0.05, 0) is 24.3 Å². The van der Waals surface area contributed by atoms with Crippen LogP contribution in [0.25, 0.3) is 0 Å². The van der Waals surface area contributed by atoms with Crippen LogP contribution in [0.1, 0.15) is 0 Å². The molecule has 2 N–H and O–H groups in total. The summed E-state index contributed by atoms with van der Waals surface area (Å²) in [5.74, 6) is 1.83. The van der Waals surface area contributed by atoms with Crippen molar-refractivity contribution in [2.24, 2.45) is 0 Å². The molecule has 0 fully saturated rings. The highest BCUT2D eigenvalue weighted by atomic mass is 35.5. The minimum atomic E-state index is 0. The fourth-order valence-electron chi connectivity index (χ4n) is 1.94. The summed E-state index contributed by atoms with van der Waals surface area (Å²) in [6.45, 7) is 4.89. The summed E-state index contributed by atoms with van der Waals surface area (Å²) in [5, 5.41) is 6.67. The molecule has 0 spiro atoms. The van der Waals surface area contributed by atoms with Gasteiger partial charge in [-0.2, -0.15) is 0 Å². The molecule has 6 heteroatoms. The van der Waals surface area contributed by atoms with Gasteiger partial charge in [-0.15, -0.1) is 24.8 Å². The molecule has 0 aliphatic carbocycles. The van der Waals surface area contributed by atoms with Crippen molar-refractivity contribution in [3.8, 4) is 11.5 Å². The Morgan fingerprint density at radius 1 is 0.542 bits per heavy atom. The lowest BCUT2D eigenvalue weighted by molar-refractivity contribution is 0.307. The van der Waals surface area contributed by atoms with Crippen molar-refractivity contribution in [1.82, 2.24) is 10.6 Å². The van der Waals surface area contributed by atoms with Gasteiger partial charge in [-0.1, -0.05) is 36.4 Å². The molecule has 0 saturated carbocycles. The third kappa shape index (κ3) is 10.3. The van der Waals surface area contributed by atoms with Gasteiger partial charge in [0.2, 0.25) is 0 Å². The maximum absolute atomic E-state index is 5.60. The summed E-state index contributed by atoms with van der Waals surface area (Å²) in [5.41, 5.74) is 0. The summed E-state index contributed by atoms with van der Waals surface area (Å²) >= 11 is 0. The molecule has 0 aromatic heterocycles. The van der Waals surface area contributed by atoms with Gasteiger partial charge in [-0.3, -0.25) is 0 Å². The molecule has 0 unspecified atom stereocenters. The van der Waals surface area contributed by atoms with E-state index in [9.17, 15) is 0 Å². The van der Waals surface area contributed by atoms with E-state index in [0.717, 1.165) is 37.7 Å². The first kappa shape index (κ1) is 22.5. The van der Waals surface area contributed by atoms with Gasteiger partial charge in [-0.25, -0.2) is 0 Å². The van der Waals surface area contributed by atoms with Crippen LogP contribution in [0.5, 0.6) is 11.5 Å². The van der Waals surface area contributed by atoms with Crippen molar-refractivity contribution in [3.63, 3.8) is 0 Å². The first-order valence-electron chi connectivity index (χ1n) is 7.72. The highest BCUT2D eigenvalue weighted by molar-refractivity contribution is 5.85. The van der Waals surface area contributed by atoms with Crippen molar-refractivity contribution in [1.29, 1.82) is 0 Å². The summed E-state index contributed by atoms with van der Waals surface area (Å²) in [4.78, 5) is 0. The van der Waals surface area contributed by atoms with Gasteiger partial charge in [0.15, 0.2) is 0 Å². The van der Waals surface area contributed by atoms with E-state index in [1.165, 1.54) is 0 Å². The number of hydrogen-bond donors (Lipinski definition) is 2. The Balaban J connectivity index is 0.00000264. The zero-order valence-corrected chi connectivity index (χ0v) is 15.3. The van der Waals surface area contributed by atoms with Gasteiger partial charge in [0.25, 0.3) is 0 Å². The third-order valence-electron chi connectivity index (χ3n) is 3.06. The van der Waals surface area contributed by atoms with Crippen molar-refractivity contribution in [2.75, 3.05) is 39.4 Å². The van der Waals surface area contributed by atoms with Gasteiger partial charge in [0.1, 0.15) is 24.7 Å². The predicted molar refractivity (Wildman–Crippen MR) is 104 cm³/mol. The molecule has 4 nitrogen and oxygen atoms in total. The lowest BCUT2D eigenvalue weighted by Gasteiger charge is -2.09. The SMILES string of the molecule is Cl.Cl.c1ccc(OCCNCCNCCOc2ccccc2)cc1. The smallest absolute Gasteiger partial charge is 0.119 e.